The van der Waals surface area contributed by atoms with Crippen LogP contribution in [0.3, 0.4) is 0 Å². The van der Waals surface area contributed by atoms with Gasteiger partial charge in [0.15, 0.2) is 0 Å². The molecule has 0 aliphatic carbocycles. The lowest BCUT2D eigenvalue weighted by molar-refractivity contribution is -0.132. The van der Waals surface area contributed by atoms with E-state index in [1.807, 2.05) is 6.08 Å². The Hall–Kier alpha value is -3.86. The molecule has 0 radical (unpaired) electrons. The molecule has 0 aromatic heterocycles. The Kier molecular flexibility index (Phi) is 8.78. The van der Waals surface area contributed by atoms with E-state index in [0.29, 0.717) is 0 Å². The number of carboxylic acids is 1. The van der Waals surface area contributed by atoms with Gasteiger partial charge in [-0.1, -0.05) is 42.5 Å². The average Bonchev–Trinajstić information content (AvgIpc) is 2.92. The Morgan fingerprint density at radius 2 is 1.14 bits per heavy atom. The van der Waals surface area contributed by atoms with Gasteiger partial charge in [0.2, 0.25) is 0 Å². The first-order valence-corrected chi connectivity index (χ1v) is 12.7. The fraction of sp³-hybridized carbons (Fsp3) is 0.333. The minimum absolute atomic E-state index is 0.292. The first-order chi connectivity index (χ1) is 17.9. The maximum atomic E-state index is 11.1. The Morgan fingerprint density at radius 1 is 0.730 bits per heavy atom. The molecule has 2 saturated heterocycles. The predicted molar refractivity (Wildman–Crippen MR) is 150 cm³/mol. The van der Waals surface area contributed by atoms with Crippen LogP contribution in [-0.4, -0.2) is 87.3 Å². The minimum Gasteiger partial charge on any atom is -0.477 e. The molecule has 2 aromatic carbocycles. The number of aliphatic carboxylic acids is 1. The molecule has 0 unspecified atom stereocenters. The van der Waals surface area contributed by atoms with Crippen LogP contribution in [0.2, 0.25) is 0 Å². The molecule has 0 spiro atoms. The first-order valence-electron chi connectivity index (χ1n) is 12.7. The molecular formula is C30H35N5O2. The van der Waals surface area contributed by atoms with E-state index in [4.69, 9.17) is 10.4 Å². The van der Waals surface area contributed by atoms with E-state index >= 15 is 0 Å². The van der Waals surface area contributed by atoms with E-state index in [1.165, 1.54) is 17.5 Å². The van der Waals surface area contributed by atoms with Crippen molar-refractivity contribution in [1.82, 2.24) is 9.80 Å². The smallest absolute Gasteiger partial charge is 0.346 e. The van der Waals surface area contributed by atoms with Gasteiger partial charge in [0.1, 0.15) is 11.6 Å². The lowest BCUT2D eigenvalue weighted by atomic mass is 9.96. The number of benzene rings is 2. The number of anilines is 2. The van der Waals surface area contributed by atoms with Crippen molar-refractivity contribution in [3.63, 3.8) is 0 Å². The third kappa shape index (κ3) is 6.88. The molecule has 0 bridgehead atoms. The third-order valence-electron chi connectivity index (χ3n) is 7.08. The van der Waals surface area contributed by atoms with Gasteiger partial charge in [0, 0.05) is 63.7 Å². The van der Waals surface area contributed by atoms with Crippen molar-refractivity contribution in [3.8, 4) is 6.07 Å². The molecule has 2 aliphatic rings. The van der Waals surface area contributed by atoms with Crippen LogP contribution in [0.25, 0.3) is 5.57 Å². The molecule has 37 heavy (non-hydrogen) atoms. The summed E-state index contributed by atoms with van der Waals surface area (Å²) < 4.78 is 0. The second-order valence-corrected chi connectivity index (χ2v) is 9.64. The van der Waals surface area contributed by atoms with Crippen molar-refractivity contribution in [1.29, 1.82) is 5.26 Å². The molecule has 2 heterocycles. The maximum Gasteiger partial charge on any atom is 0.346 e. The van der Waals surface area contributed by atoms with E-state index in [9.17, 15) is 4.79 Å². The Balaban J connectivity index is 1.59. The highest BCUT2D eigenvalue weighted by molar-refractivity contribution is 5.91. The lowest BCUT2D eigenvalue weighted by Gasteiger charge is -2.34. The molecule has 0 saturated carbocycles. The van der Waals surface area contributed by atoms with E-state index in [1.54, 1.807) is 18.2 Å². The maximum absolute atomic E-state index is 11.1. The topological polar surface area (TPSA) is 74.0 Å². The number of nitriles is 1. The van der Waals surface area contributed by atoms with Gasteiger partial charge in [-0.25, -0.2) is 4.79 Å². The van der Waals surface area contributed by atoms with Crippen LogP contribution in [0.4, 0.5) is 11.4 Å². The van der Waals surface area contributed by atoms with Gasteiger partial charge >= 0.3 is 5.97 Å². The SMILES string of the molecule is CN1CCN(c2ccc(C(=C/C=C/C=C(\C#N)C(=O)O)c3ccc(N4CCN(C)CC4)cc3)cc2)CC1. The standard InChI is InChI=1S/C30H35N5O2/c1-32-15-19-34(20-16-32)27-11-7-24(8-12-27)29(6-4-3-5-26(23-31)30(36)37)25-9-13-28(14-10-25)35-21-17-33(2)18-22-35/h3-14H,15-22H2,1-2H3,(H,36,37)/b4-3+,26-5+. The molecule has 2 fully saturated rings. The van der Waals surface area contributed by atoms with Crippen molar-refractivity contribution >= 4 is 22.9 Å². The summed E-state index contributed by atoms with van der Waals surface area (Å²) in [6.45, 7) is 8.33. The van der Waals surface area contributed by atoms with Crippen LogP contribution in [0, 0.1) is 11.3 Å². The van der Waals surface area contributed by atoms with Gasteiger partial charge in [-0.2, -0.15) is 5.26 Å². The minimum atomic E-state index is -1.23. The number of carboxylic acid groups (broad SMARTS) is 1. The molecule has 4 rings (SSSR count). The molecule has 192 valence electrons. The van der Waals surface area contributed by atoms with E-state index in [-0.39, 0.29) is 5.57 Å². The second kappa shape index (κ2) is 12.4. The van der Waals surface area contributed by atoms with Gasteiger partial charge < -0.3 is 24.7 Å². The Bertz CT molecular complexity index is 1120. The zero-order chi connectivity index (χ0) is 26.2. The zero-order valence-electron chi connectivity index (χ0n) is 21.7. The summed E-state index contributed by atoms with van der Waals surface area (Å²) in [5, 5.41) is 18.1. The highest BCUT2D eigenvalue weighted by atomic mass is 16.4. The van der Waals surface area contributed by atoms with Gasteiger partial charge in [0.25, 0.3) is 0 Å². The summed E-state index contributed by atoms with van der Waals surface area (Å²) in [4.78, 5) is 20.6. The molecule has 7 nitrogen and oxygen atoms in total. The van der Waals surface area contributed by atoms with Gasteiger partial charge in [-0.3, -0.25) is 0 Å². The first kappa shape index (κ1) is 26.2. The number of likely N-dealkylation sites (N-methyl/N-ethyl adjacent to an activating group) is 2. The molecular weight excluding hydrogens is 462 g/mol. The molecule has 0 amide bonds. The summed E-state index contributed by atoms with van der Waals surface area (Å²) >= 11 is 0. The van der Waals surface area contributed by atoms with Crippen LogP contribution in [0.1, 0.15) is 11.1 Å². The lowest BCUT2D eigenvalue weighted by Crippen LogP contribution is -2.44. The molecule has 1 N–H and O–H groups in total. The number of rotatable bonds is 7. The van der Waals surface area contributed by atoms with E-state index in [2.05, 4.69) is 82.2 Å². The average molecular weight is 498 g/mol. The van der Waals surface area contributed by atoms with Crippen molar-refractivity contribution < 1.29 is 9.90 Å². The van der Waals surface area contributed by atoms with Crippen LogP contribution in [0.5, 0.6) is 0 Å². The van der Waals surface area contributed by atoms with E-state index < -0.39 is 5.97 Å². The zero-order valence-corrected chi connectivity index (χ0v) is 21.7. The van der Waals surface area contributed by atoms with Crippen molar-refractivity contribution in [2.24, 2.45) is 0 Å². The second-order valence-electron chi connectivity index (χ2n) is 9.64. The van der Waals surface area contributed by atoms with E-state index in [0.717, 1.165) is 69.1 Å². The quantitative estimate of drug-likeness (QED) is 0.355. The van der Waals surface area contributed by atoms with Gasteiger partial charge in [-0.05, 0) is 61.1 Å². The summed E-state index contributed by atoms with van der Waals surface area (Å²) in [7, 11) is 4.32. The highest BCUT2D eigenvalue weighted by Gasteiger charge is 2.16. The summed E-state index contributed by atoms with van der Waals surface area (Å²) in [6, 6.07) is 19.0. The summed E-state index contributed by atoms with van der Waals surface area (Å²) in [5.41, 5.74) is 5.35. The van der Waals surface area contributed by atoms with Crippen LogP contribution in [0.15, 0.2) is 78.4 Å². The van der Waals surface area contributed by atoms with Crippen molar-refractivity contribution in [3.05, 3.63) is 89.5 Å². The Labute approximate surface area is 219 Å². The fourth-order valence-corrected chi connectivity index (χ4v) is 4.65. The molecule has 2 aliphatic heterocycles. The van der Waals surface area contributed by atoms with Gasteiger partial charge in [0.05, 0.1) is 0 Å². The highest BCUT2D eigenvalue weighted by Crippen LogP contribution is 2.28. The number of nitrogens with zero attached hydrogens (tertiary/aromatic N) is 5. The fourth-order valence-electron chi connectivity index (χ4n) is 4.65. The molecule has 0 atom stereocenters. The monoisotopic (exact) mass is 497 g/mol. The van der Waals surface area contributed by atoms with Gasteiger partial charge in [-0.15, -0.1) is 0 Å². The van der Waals surface area contributed by atoms with Crippen molar-refractivity contribution in [2.45, 2.75) is 0 Å². The number of carbonyl (C=O) groups is 1. The number of hydrogen-bond donors (Lipinski definition) is 1. The molecule has 2 aromatic rings. The van der Waals surface area contributed by atoms with Crippen molar-refractivity contribution in [2.75, 3.05) is 76.3 Å². The predicted octanol–water partition coefficient (Wildman–Crippen LogP) is 3.71. The molecule has 7 heteroatoms. The summed E-state index contributed by atoms with van der Waals surface area (Å²) in [5.74, 6) is -1.23. The largest absolute Gasteiger partial charge is 0.477 e. The number of piperazine rings is 2. The third-order valence-corrected chi connectivity index (χ3v) is 7.08. The van der Waals surface area contributed by atoms with Crippen LogP contribution >= 0.6 is 0 Å². The summed E-state index contributed by atoms with van der Waals surface area (Å²) in [6.07, 6.45) is 6.69. The Morgan fingerprint density at radius 3 is 1.51 bits per heavy atom. The number of hydrogen-bond acceptors (Lipinski definition) is 6. The van der Waals surface area contributed by atoms with Crippen LogP contribution in [-0.2, 0) is 4.79 Å². The normalized spacial score (nSPS) is 17.6. The van der Waals surface area contributed by atoms with Crippen LogP contribution < -0.4 is 9.80 Å². The number of allylic oxidation sites excluding steroid dienone is 4.